The molecule has 1 amide bonds. The predicted molar refractivity (Wildman–Crippen MR) is 89.1 cm³/mol. The average Bonchev–Trinajstić information content (AvgIpc) is 2.73. The highest BCUT2D eigenvalue weighted by Crippen LogP contribution is 2.28. The lowest BCUT2D eigenvalue weighted by Gasteiger charge is -2.19. The summed E-state index contributed by atoms with van der Waals surface area (Å²) in [5.41, 5.74) is 1.52. The number of hydrogen-bond acceptors (Lipinski definition) is 2. The van der Waals surface area contributed by atoms with Gasteiger partial charge in [0.25, 0.3) is 5.91 Å². The van der Waals surface area contributed by atoms with Gasteiger partial charge in [-0.25, -0.2) is 0 Å². The second kappa shape index (κ2) is 7.69. The fraction of sp³-hybridized carbons (Fsp3) is 0.588. The van der Waals surface area contributed by atoms with Crippen molar-refractivity contribution in [2.75, 3.05) is 12.4 Å². The first-order chi connectivity index (χ1) is 10.1. The summed E-state index contributed by atoms with van der Waals surface area (Å²) in [5, 5.41) is 6.69. The highest BCUT2D eigenvalue weighted by molar-refractivity contribution is 6.34. The molecule has 0 bridgehead atoms. The first-order valence-corrected chi connectivity index (χ1v) is 8.30. The van der Waals surface area contributed by atoms with Gasteiger partial charge in [0.2, 0.25) is 0 Å². The highest BCUT2D eigenvalue weighted by Gasteiger charge is 2.18. The molecule has 1 aliphatic rings. The third-order valence-corrected chi connectivity index (χ3v) is 4.80. The molecule has 2 N–H and O–H groups in total. The molecular weight excluding hydrogens is 284 g/mol. The van der Waals surface area contributed by atoms with Gasteiger partial charge in [-0.2, -0.15) is 0 Å². The number of halogens is 1. The van der Waals surface area contributed by atoms with Crippen molar-refractivity contribution >= 4 is 23.2 Å². The number of benzene rings is 1. The van der Waals surface area contributed by atoms with E-state index >= 15 is 0 Å². The van der Waals surface area contributed by atoms with Gasteiger partial charge in [0, 0.05) is 18.8 Å². The molecule has 1 aromatic rings. The molecule has 2 rings (SSSR count). The highest BCUT2D eigenvalue weighted by atomic mass is 35.5. The van der Waals surface area contributed by atoms with Gasteiger partial charge < -0.3 is 10.6 Å². The van der Waals surface area contributed by atoms with E-state index < -0.39 is 0 Å². The Morgan fingerprint density at radius 3 is 2.81 bits per heavy atom. The van der Waals surface area contributed by atoms with Crippen LogP contribution in [0, 0.1) is 5.92 Å². The first kappa shape index (κ1) is 16.2. The van der Waals surface area contributed by atoms with Crippen molar-refractivity contribution in [3.63, 3.8) is 0 Å². The molecule has 0 radical (unpaired) electrons. The fourth-order valence-electron chi connectivity index (χ4n) is 3.09. The number of anilines is 1. The monoisotopic (exact) mass is 308 g/mol. The van der Waals surface area contributed by atoms with E-state index in [9.17, 15) is 4.79 Å². The summed E-state index contributed by atoms with van der Waals surface area (Å²) in [6.45, 7) is 2.28. The molecule has 2 unspecified atom stereocenters. The Balaban J connectivity index is 2.04. The van der Waals surface area contributed by atoms with Crippen LogP contribution in [0.4, 0.5) is 5.69 Å². The largest absolute Gasteiger partial charge is 0.382 e. The molecule has 0 aliphatic heterocycles. The van der Waals surface area contributed by atoms with Gasteiger partial charge in [0.15, 0.2) is 0 Å². The van der Waals surface area contributed by atoms with Crippen molar-refractivity contribution in [3.8, 4) is 0 Å². The molecule has 0 heterocycles. The van der Waals surface area contributed by atoms with Gasteiger partial charge in [-0.1, -0.05) is 37.8 Å². The third kappa shape index (κ3) is 4.37. The van der Waals surface area contributed by atoms with Gasteiger partial charge in [0.05, 0.1) is 10.6 Å². The Morgan fingerprint density at radius 2 is 2.10 bits per heavy atom. The Hall–Kier alpha value is -1.22. The lowest BCUT2D eigenvalue weighted by molar-refractivity contribution is 0.0963. The summed E-state index contributed by atoms with van der Waals surface area (Å²) < 4.78 is 0. The van der Waals surface area contributed by atoms with E-state index in [0.717, 1.165) is 11.6 Å². The van der Waals surface area contributed by atoms with E-state index in [1.165, 1.54) is 38.5 Å². The number of nitrogens with one attached hydrogen (secondary N) is 2. The van der Waals surface area contributed by atoms with Gasteiger partial charge in [-0.15, -0.1) is 0 Å². The molecule has 0 saturated heterocycles. The van der Waals surface area contributed by atoms with Gasteiger partial charge in [0.1, 0.15) is 0 Å². The van der Waals surface area contributed by atoms with Crippen LogP contribution in [0.15, 0.2) is 18.2 Å². The van der Waals surface area contributed by atoms with E-state index in [1.807, 2.05) is 12.1 Å². The fourth-order valence-corrected chi connectivity index (χ4v) is 3.29. The normalized spacial score (nSPS) is 22.4. The maximum atomic E-state index is 11.8. The minimum absolute atomic E-state index is 0.143. The molecule has 0 aromatic heterocycles. The minimum atomic E-state index is -0.143. The predicted octanol–water partition coefficient (Wildman–Crippen LogP) is 4.47. The molecule has 1 aliphatic carbocycles. The first-order valence-electron chi connectivity index (χ1n) is 7.92. The molecule has 0 spiro atoms. The SMILES string of the molecule is CCC1CCCC(Nc2ccc(Cl)c(C(=O)NC)c2)CC1. The van der Waals surface area contributed by atoms with Gasteiger partial charge in [-0.3, -0.25) is 4.79 Å². The maximum Gasteiger partial charge on any atom is 0.252 e. The summed E-state index contributed by atoms with van der Waals surface area (Å²) in [6, 6.07) is 6.10. The van der Waals surface area contributed by atoms with Crippen LogP contribution in [0.3, 0.4) is 0 Å². The Labute approximate surface area is 132 Å². The van der Waals surface area contributed by atoms with Crippen molar-refractivity contribution < 1.29 is 4.79 Å². The number of amides is 1. The Kier molecular flexibility index (Phi) is 5.92. The van der Waals surface area contributed by atoms with Gasteiger partial charge in [-0.05, 0) is 43.4 Å². The number of hydrogen-bond donors (Lipinski definition) is 2. The maximum absolute atomic E-state index is 11.8. The molecule has 3 nitrogen and oxygen atoms in total. The molecule has 1 saturated carbocycles. The Morgan fingerprint density at radius 1 is 1.29 bits per heavy atom. The molecule has 1 fully saturated rings. The van der Waals surface area contributed by atoms with Crippen molar-refractivity contribution in [1.29, 1.82) is 0 Å². The van der Waals surface area contributed by atoms with Crippen LogP contribution in [0.5, 0.6) is 0 Å². The van der Waals surface area contributed by atoms with E-state index in [4.69, 9.17) is 11.6 Å². The summed E-state index contributed by atoms with van der Waals surface area (Å²) in [5.74, 6) is 0.735. The molecule has 2 atom stereocenters. The van der Waals surface area contributed by atoms with Crippen LogP contribution in [0.1, 0.15) is 55.8 Å². The van der Waals surface area contributed by atoms with E-state index in [2.05, 4.69) is 17.6 Å². The summed E-state index contributed by atoms with van der Waals surface area (Å²) in [6.07, 6.45) is 7.62. The topological polar surface area (TPSA) is 41.1 Å². The summed E-state index contributed by atoms with van der Waals surface area (Å²) in [4.78, 5) is 11.8. The van der Waals surface area contributed by atoms with Crippen molar-refractivity contribution in [2.24, 2.45) is 5.92 Å². The van der Waals surface area contributed by atoms with Crippen molar-refractivity contribution in [1.82, 2.24) is 5.32 Å². The minimum Gasteiger partial charge on any atom is -0.382 e. The van der Waals surface area contributed by atoms with Crippen LogP contribution in [-0.4, -0.2) is 19.0 Å². The average molecular weight is 309 g/mol. The zero-order valence-corrected chi connectivity index (χ0v) is 13.7. The zero-order valence-electron chi connectivity index (χ0n) is 12.9. The van der Waals surface area contributed by atoms with E-state index in [1.54, 1.807) is 13.1 Å². The standard InChI is InChI=1S/C17H25ClN2O/c1-3-12-5-4-6-13(8-7-12)20-14-9-10-16(18)15(11-14)17(21)19-2/h9-13,20H,3-8H2,1-2H3,(H,19,21). The van der Waals surface area contributed by atoms with Crippen molar-refractivity contribution in [3.05, 3.63) is 28.8 Å². The van der Waals surface area contributed by atoms with Gasteiger partial charge >= 0.3 is 0 Å². The Bertz CT molecular complexity index is 490. The lowest BCUT2D eigenvalue weighted by atomic mass is 9.98. The number of carbonyl (C=O) groups is 1. The molecule has 1 aromatic carbocycles. The van der Waals surface area contributed by atoms with Crippen LogP contribution in [0.25, 0.3) is 0 Å². The van der Waals surface area contributed by atoms with Crippen LogP contribution in [-0.2, 0) is 0 Å². The zero-order chi connectivity index (χ0) is 15.2. The van der Waals surface area contributed by atoms with Crippen LogP contribution in [0.2, 0.25) is 5.02 Å². The quantitative estimate of drug-likeness (QED) is 0.806. The number of rotatable bonds is 4. The van der Waals surface area contributed by atoms with E-state index in [0.29, 0.717) is 16.6 Å². The third-order valence-electron chi connectivity index (χ3n) is 4.47. The lowest BCUT2D eigenvalue weighted by Crippen LogP contribution is -2.21. The second-order valence-corrected chi connectivity index (χ2v) is 6.30. The smallest absolute Gasteiger partial charge is 0.252 e. The molecule has 116 valence electrons. The summed E-state index contributed by atoms with van der Waals surface area (Å²) >= 11 is 6.09. The van der Waals surface area contributed by atoms with Crippen molar-refractivity contribution in [2.45, 2.75) is 51.5 Å². The second-order valence-electron chi connectivity index (χ2n) is 5.90. The van der Waals surface area contributed by atoms with Crippen LogP contribution >= 0.6 is 11.6 Å². The van der Waals surface area contributed by atoms with Crippen LogP contribution < -0.4 is 10.6 Å². The number of carbonyl (C=O) groups excluding carboxylic acids is 1. The molecular formula is C17H25ClN2O. The molecule has 21 heavy (non-hydrogen) atoms. The van der Waals surface area contributed by atoms with E-state index in [-0.39, 0.29) is 5.91 Å². The summed E-state index contributed by atoms with van der Waals surface area (Å²) in [7, 11) is 1.62. The molecule has 4 heteroatoms.